The summed E-state index contributed by atoms with van der Waals surface area (Å²) >= 11 is 0. The number of hydrogen-bond donors (Lipinski definition) is 2. The smallest absolute Gasteiger partial charge is 0.211 e. The van der Waals surface area contributed by atoms with E-state index < -0.39 is 10.0 Å². The van der Waals surface area contributed by atoms with Crippen LogP contribution in [-0.4, -0.2) is 38.1 Å². The van der Waals surface area contributed by atoms with Crippen LogP contribution in [0.25, 0.3) is 0 Å². The maximum absolute atomic E-state index is 11.2. The molecule has 0 aliphatic carbocycles. The highest BCUT2D eigenvalue weighted by Crippen LogP contribution is 2.12. The van der Waals surface area contributed by atoms with Crippen LogP contribution in [-0.2, 0) is 10.0 Å². The summed E-state index contributed by atoms with van der Waals surface area (Å²) in [5, 5.41) is 0. The van der Waals surface area contributed by atoms with Crippen molar-refractivity contribution >= 4 is 10.0 Å². The quantitative estimate of drug-likeness (QED) is 0.462. The molecule has 1 unspecified atom stereocenters. The Bertz CT molecular complexity index is 252. The third kappa shape index (κ3) is 3.22. The van der Waals surface area contributed by atoms with Crippen molar-refractivity contribution in [2.75, 3.05) is 19.3 Å². The van der Waals surface area contributed by atoms with Gasteiger partial charge in [-0.05, 0) is 19.3 Å². The summed E-state index contributed by atoms with van der Waals surface area (Å²) in [4.78, 5) is 0. The van der Waals surface area contributed by atoms with E-state index in [0.29, 0.717) is 13.1 Å². The van der Waals surface area contributed by atoms with Gasteiger partial charge in [-0.1, -0.05) is 0 Å². The molecule has 0 aromatic rings. The zero-order chi connectivity index (χ0) is 9.90. The lowest BCUT2D eigenvalue weighted by molar-refractivity contribution is 0.418. The van der Waals surface area contributed by atoms with E-state index >= 15 is 0 Å². The molecule has 1 fully saturated rings. The number of hydrazine groups is 1. The molecule has 0 radical (unpaired) electrons. The van der Waals surface area contributed by atoms with Gasteiger partial charge in [0.15, 0.2) is 0 Å². The fourth-order valence-electron chi connectivity index (χ4n) is 1.57. The highest BCUT2D eigenvalue weighted by molar-refractivity contribution is 7.88. The fraction of sp³-hybridized carbons (Fsp3) is 1.00. The first-order chi connectivity index (χ1) is 6.04. The van der Waals surface area contributed by atoms with Gasteiger partial charge in [0.2, 0.25) is 10.0 Å². The van der Waals surface area contributed by atoms with Crippen LogP contribution < -0.4 is 11.3 Å². The summed E-state index contributed by atoms with van der Waals surface area (Å²) in [6, 6.07) is 0.256. The lowest BCUT2D eigenvalue weighted by Gasteiger charge is -2.16. The van der Waals surface area contributed by atoms with Crippen LogP contribution >= 0.6 is 0 Å². The van der Waals surface area contributed by atoms with Crippen LogP contribution in [0.5, 0.6) is 0 Å². The molecule has 6 heteroatoms. The standard InChI is InChI=1S/C7H17N3O2S/c1-13(11,12)10-5-2-3-7(9-8)4-6-10/h7,9H,2-6,8H2,1H3. The van der Waals surface area contributed by atoms with E-state index in [1.165, 1.54) is 10.6 Å². The Morgan fingerprint density at radius 1 is 1.38 bits per heavy atom. The van der Waals surface area contributed by atoms with Crippen molar-refractivity contribution in [3.63, 3.8) is 0 Å². The molecule has 0 bridgehead atoms. The molecule has 1 rings (SSSR count). The normalized spacial score (nSPS) is 27.1. The van der Waals surface area contributed by atoms with Crippen molar-refractivity contribution in [1.29, 1.82) is 0 Å². The van der Waals surface area contributed by atoms with Gasteiger partial charge in [-0.2, -0.15) is 0 Å². The van der Waals surface area contributed by atoms with Gasteiger partial charge in [0.05, 0.1) is 6.26 Å². The molecule has 0 saturated carbocycles. The minimum Gasteiger partial charge on any atom is -0.271 e. The zero-order valence-corrected chi connectivity index (χ0v) is 8.68. The van der Waals surface area contributed by atoms with Crippen molar-refractivity contribution in [2.45, 2.75) is 25.3 Å². The molecule has 0 aromatic heterocycles. The molecule has 0 spiro atoms. The topological polar surface area (TPSA) is 75.4 Å². The molecule has 1 aliphatic rings. The number of nitrogens with one attached hydrogen (secondary N) is 1. The number of sulfonamides is 1. The summed E-state index contributed by atoms with van der Waals surface area (Å²) in [6.45, 7) is 1.20. The van der Waals surface area contributed by atoms with Crippen molar-refractivity contribution < 1.29 is 8.42 Å². The number of nitrogens with zero attached hydrogens (tertiary/aromatic N) is 1. The van der Waals surface area contributed by atoms with Crippen molar-refractivity contribution in [2.24, 2.45) is 5.84 Å². The molecular formula is C7H17N3O2S. The lowest BCUT2D eigenvalue weighted by atomic mass is 10.1. The zero-order valence-electron chi connectivity index (χ0n) is 7.86. The van der Waals surface area contributed by atoms with Gasteiger partial charge >= 0.3 is 0 Å². The molecular weight excluding hydrogens is 190 g/mol. The van der Waals surface area contributed by atoms with Crippen LogP contribution in [0.2, 0.25) is 0 Å². The summed E-state index contributed by atoms with van der Waals surface area (Å²) in [6.07, 6.45) is 3.87. The molecule has 3 N–H and O–H groups in total. The minimum absolute atomic E-state index is 0.256. The number of hydrogen-bond acceptors (Lipinski definition) is 4. The maximum Gasteiger partial charge on any atom is 0.211 e. The minimum atomic E-state index is -3.02. The largest absolute Gasteiger partial charge is 0.271 e. The van der Waals surface area contributed by atoms with Crippen LogP contribution in [0, 0.1) is 0 Å². The van der Waals surface area contributed by atoms with Crippen molar-refractivity contribution in [1.82, 2.24) is 9.73 Å². The monoisotopic (exact) mass is 207 g/mol. The van der Waals surface area contributed by atoms with Gasteiger partial charge in [0.1, 0.15) is 0 Å². The van der Waals surface area contributed by atoms with Crippen LogP contribution in [0.3, 0.4) is 0 Å². The number of nitrogens with two attached hydrogens (primary N) is 1. The molecule has 1 aliphatic heterocycles. The predicted molar refractivity (Wildman–Crippen MR) is 51.4 cm³/mol. The van der Waals surface area contributed by atoms with E-state index in [2.05, 4.69) is 5.43 Å². The Kier molecular flexibility index (Phi) is 3.66. The lowest BCUT2D eigenvalue weighted by Crippen LogP contribution is -2.36. The highest BCUT2D eigenvalue weighted by atomic mass is 32.2. The molecule has 0 amide bonds. The Morgan fingerprint density at radius 3 is 2.62 bits per heavy atom. The van der Waals surface area contributed by atoms with Crippen LogP contribution in [0.1, 0.15) is 19.3 Å². The summed E-state index contributed by atoms with van der Waals surface area (Å²) < 4.78 is 23.9. The predicted octanol–water partition coefficient (Wildman–Crippen LogP) is -0.736. The molecule has 0 aromatic carbocycles. The SMILES string of the molecule is CS(=O)(=O)N1CCCC(NN)CC1. The summed E-state index contributed by atoms with van der Waals surface area (Å²) in [7, 11) is -3.02. The Balaban J connectivity index is 2.55. The molecule has 1 saturated heterocycles. The van der Waals surface area contributed by atoms with Gasteiger partial charge in [0.25, 0.3) is 0 Å². The van der Waals surface area contributed by atoms with E-state index in [4.69, 9.17) is 5.84 Å². The van der Waals surface area contributed by atoms with E-state index in [0.717, 1.165) is 19.3 Å². The fourth-order valence-corrected chi connectivity index (χ4v) is 2.47. The molecule has 13 heavy (non-hydrogen) atoms. The second-order valence-corrected chi connectivity index (χ2v) is 5.44. The van der Waals surface area contributed by atoms with Crippen molar-refractivity contribution in [3.05, 3.63) is 0 Å². The third-order valence-electron chi connectivity index (χ3n) is 2.39. The van der Waals surface area contributed by atoms with E-state index in [1.54, 1.807) is 0 Å². The van der Waals surface area contributed by atoms with Crippen LogP contribution in [0.15, 0.2) is 0 Å². The second kappa shape index (κ2) is 4.36. The third-order valence-corrected chi connectivity index (χ3v) is 3.69. The molecule has 78 valence electrons. The van der Waals surface area contributed by atoms with Crippen molar-refractivity contribution in [3.8, 4) is 0 Å². The Morgan fingerprint density at radius 2 is 2.08 bits per heavy atom. The highest BCUT2D eigenvalue weighted by Gasteiger charge is 2.21. The van der Waals surface area contributed by atoms with E-state index in [9.17, 15) is 8.42 Å². The Labute approximate surface area is 79.3 Å². The number of rotatable bonds is 2. The first kappa shape index (κ1) is 10.9. The summed E-state index contributed by atoms with van der Waals surface area (Å²) in [5.41, 5.74) is 2.69. The first-order valence-corrected chi connectivity index (χ1v) is 6.30. The Hall–Kier alpha value is -0.170. The van der Waals surface area contributed by atoms with E-state index in [-0.39, 0.29) is 6.04 Å². The van der Waals surface area contributed by atoms with Gasteiger partial charge in [-0.25, -0.2) is 12.7 Å². The maximum atomic E-state index is 11.2. The first-order valence-electron chi connectivity index (χ1n) is 4.45. The molecule has 5 nitrogen and oxygen atoms in total. The molecule has 1 atom stereocenters. The van der Waals surface area contributed by atoms with Gasteiger partial charge < -0.3 is 0 Å². The second-order valence-electron chi connectivity index (χ2n) is 3.46. The molecule has 1 heterocycles. The van der Waals surface area contributed by atoms with Crippen LogP contribution in [0.4, 0.5) is 0 Å². The van der Waals surface area contributed by atoms with Gasteiger partial charge in [-0.3, -0.25) is 11.3 Å². The van der Waals surface area contributed by atoms with E-state index in [1.807, 2.05) is 0 Å². The average Bonchev–Trinajstić information content (AvgIpc) is 2.26. The van der Waals surface area contributed by atoms with Gasteiger partial charge in [-0.15, -0.1) is 0 Å². The van der Waals surface area contributed by atoms with Gasteiger partial charge in [0, 0.05) is 19.1 Å². The summed E-state index contributed by atoms with van der Waals surface area (Å²) in [5.74, 6) is 5.31. The average molecular weight is 207 g/mol.